The van der Waals surface area contributed by atoms with Gasteiger partial charge in [0, 0.05) is 37.3 Å². The van der Waals surface area contributed by atoms with Gasteiger partial charge in [-0.05, 0) is 64.2 Å². The number of rotatable bonds is 53. The van der Waals surface area contributed by atoms with Crippen molar-refractivity contribution in [3.05, 3.63) is 24.3 Å². The molecule has 0 bridgehead atoms. The highest BCUT2D eigenvalue weighted by Crippen LogP contribution is 2.43. The fourth-order valence-electron chi connectivity index (χ4n) is 7.35. The number of amides is 2. The number of nitrogens with two attached hydrogens (primary N) is 1. The first-order chi connectivity index (χ1) is 35.2. The highest BCUT2D eigenvalue weighted by atomic mass is 33.1. The summed E-state index contributed by atoms with van der Waals surface area (Å²) in [4.78, 5) is 82.4. The Hall–Kier alpha value is -2.93. The molecule has 0 saturated carbocycles. The standard InChI is InChI=1S/C53H96N3O14PS2/c1-3-5-7-9-11-13-15-17-19-20-22-24-26-28-30-32-34-36-51(61)70-45(42-67-50(60)35-33-31-29-27-25-23-21-18-16-14-12-10-8-6-4-2)43-69-71(65,66)68-39-38-55-48(57)37-40-72-73-44-47(53(63)64)56-52(62)46(54)41-49(58)59/h18-21,45-47H,3-17,22-44,54H2,1-2H3,(H,55,57)(H,56,62)(H,58,59)(H,63,64)(H,65,66)/b20-19-,21-18-/t45-,46?,47?/m0/s1. The van der Waals surface area contributed by atoms with Crippen molar-refractivity contribution in [3.63, 3.8) is 0 Å². The van der Waals surface area contributed by atoms with Crippen molar-refractivity contribution in [1.29, 1.82) is 0 Å². The molecule has 424 valence electrons. The van der Waals surface area contributed by atoms with Gasteiger partial charge in [0.2, 0.25) is 11.8 Å². The second kappa shape index (κ2) is 49.9. The number of phosphoric acid groups is 1. The summed E-state index contributed by atoms with van der Waals surface area (Å²) in [6, 6.07) is -2.73. The number of esters is 2. The highest BCUT2D eigenvalue weighted by Gasteiger charge is 2.27. The number of hydrogen-bond donors (Lipinski definition) is 6. The van der Waals surface area contributed by atoms with Crippen LogP contribution in [0.4, 0.5) is 0 Å². The monoisotopic (exact) mass is 1090 g/mol. The lowest BCUT2D eigenvalue weighted by molar-refractivity contribution is -0.161. The highest BCUT2D eigenvalue weighted by molar-refractivity contribution is 8.76. The third kappa shape index (κ3) is 48.5. The van der Waals surface area contributed by atoms with Crippen molar-refractivity contribution in [3.8, 4) is 0 Å². The van der Waals surface area contributed by atoms with Gasteiger partial charge in [0.15, 0.2) is 6.10 Å². The Kier molecular flexibility index (Phi) is 47.9. The summed E-state index contributed by atoms with van der Waals surface area (Å²) in [6.07, 6.45) is 39.7. The molecular weight excluding hydrogens is 998 g/mol. The largest absolute Gasteiger partial charge is 0.481 e. The minimum Gasteiger partial charge on any atom is -0.481 e. The first kappa shape index (κ1) is 70.1. The van der Waals surface area contributed by atoms with E-state index >= 15 is 0 Å². The van der Waals surface area contributed by atoms with Crippen LogP contribution in [0, 0.1) is 0 Å². The van der Waals surface area contributed by atoms with Gasteiger partial charge in [-0.1, -0.05) is 175 Å². The van der Waals surface area contributed by atoms with Gasteiger partial charge in [0.25, 0.3) is 0 Å². The van der Waals surface area contributed by atoms with Crippen LogP contribution in [0.25, 0.3) is 0 Å². The Labute approximate surface area is 446 Å². The summed E-state index contributed by atoms with van der Waals surface area (Å²) >= 11 is 0. The molecule has 17 nitrogen and oxygen atoms in total. The average molecular weight is 1090 g/mol. The van der Waals surface area contributed by atoms with E-state index in [9.17, 15) is 43.3 Å². The number of hydrogen-bond acceptors (Lipinski definition) is 14. The molecule has 0 rings (SSSR count). The average Bonchev–Trinajstić information content (AvgIpc) is 3.35. The lowest BCUT2D eigenvalue weighted by atomic mass is 10.1. The molecule has 0 fully saturated rings. The molecule has 3 unspecified atom stereocenters. The maximum Gasteiger partial charge on any atom is 0.472 e. The molecular formula is C53H96N3O14PS2. The first-order valence-electron chi connectivity index (χ1n) is 27.5. The Bertz CT molecular complexity index is 1560. The molecule has 0 aromatic rings. The van der Waals surface area contributed by atoms with Gasteiger partial charge in [0.05, 0.1) is 25.7 Å². The van der Waals surface area contributed by atoms with Crippen LogP contribution in [0.3, 0.4) is 0 Å². The fourth-order valence-corrected chi connectivity index (χ4v) is 10.2. The Balaban J connectivity index is 4.73. The summed E-state index contributed by atoms with van der Waals surface area (Å²) in [5.74, 6) is -4.78. The van der Waals surface area contributed by atoms with E-state index in [0.717, 1.165) is 94.3 Å². The van der Waals surface area contributed by atoms with E-state index in [1.165, 1.54) is 94.3 Å². The molecule has 0 aromatic carbocycles. The van der Waals surface area contributed by atoms with E-state index in [0.29, 0.717) is 12.8 Å². The van der Waals surface area contributed by atoms with Gasteiger partial charge < -0.3 is 40.9 Å². The minimum absolute atomic E-state index is 0.0127. The van der Waals surface area contributed by atoms with Crippen LogP contribution in [-0.2, 0) is 51.9 Å². The van der Waals surface area contributed by atoms with E-state index in [-0.39, 0.29) is 43.9 Å². The number of carbonyl (C=O) groups is 6. The molecule has 0 spiro atoms. The summed E-state index contributed by atoms with van der Waals surface area (Å²) < 4.78 is 33.8. The number of ether oxygens (including phenoxy) is 2. The van der Waals surface area contributed by atoms with Gasteiger partial charge in [0.1, 0.15) is 12.6 Å². The van der Waals surface area contributed by atoms with E-state index in [1.54, 1.807) is 0 Å². The molecule has 2 amide bonds. The Morgan fingerprint density at radius 1 is 0.603 bits per heavy atom. The second-order valence-electron chi connectivity index (χ2n) is 18.6. The Morgan fingerprint density at radius 2 is 1.07 bits per heavy atom. The zero-order valence-corrected chi connectivity index (χ0v) is 47.1. The normalized spacial score (nSPS) is 13.6. The van der Waals surface area contributed by atoms with Gasteiger partial charge in [-0.15, -0.1) is 0 Å². The summed E-state index contributed by atoms with van der Waals surface area (Å²) in [6.45, 7) is 3.01. The van der Waals surface area contributed by atoms with Crippen molar-refractivity contribution in [2.45, 2.75) is 238 Å². The first-order valence-corrected chi connectivity index (χ1v) is 31.5. The lowest BCUT2D eigenvalue weighted by Crippen LogP contribution is -2.50. The molecule has 0 aromatic heterocycles. The predicted molar refractivity (Wildman–Crippen MR) is 293 cm³/mol. The van der Waals surface area contributed by atoms with Crippen molar-refractivity contribution < 1.29 is 67.0 Å². The smallest absolute Gasteiger partial charge is 0.472 e. The number of allylic oxidation sites excluding steroid dienone is 4. The number of phosphoric ester groups is 1. The molecule has 0 aliphatic heterocycles. The van der Waals surface area contributed by atoms with Crippen molar-refractivity contribution in [2.75, 3.05) is 37.9 Å². The number of unbranched alkanes of at least 4 members (excludes halogenated alkanes) is 24. The second-order valence-corrected chi connectivity index (χ2v) is 22.7. The lowest BCUT2D eigenvalue weighted by Gasteiger charge is -2.20. The molecule has 0 heterocycles. The molecule has 0 saturated heterocycles. The quantitative estimate of drug-likeness (QED) is 0.0109. The molecule has 20 heteroatoms. The molecule has 0 aliphatic carbocycles. The number of carboxylic acids is 2. The van der Waals surface area contributed by atoms with Crippen LogP contribution in [0.2, 0.25) is 0 Å². The minimum atomic E-state index is -4.68. The van der Waals surface area contributed by atoms with E-state index < -0.39 is 81.3 Å². The third-order valence-electron chi connectivity index (χ3n) is 11.7. The van der Waals surface area contributed by atoms with Gasteiger partial charge in [-0.25, -0.2) is 9.36 Å². The number of nitrogens with one attached hydrogen (secondary N) is 2. The van der Waals surface area contributed by atoms with E-state index in [2.05, 4.69) is 48.8 Å². The van der Waals surface area contributed by atoms with Crippen LogP contribution in [0.1, 0.15) is 219 Å². The molecule has 4 atom stereocenters. The third-order valence-corrected chi connectivity index (χ3v) is 15.1. The fraction of sp³-hybridized carbons (Fsp3) is 0.811. The summed E-state index contributed by atoms with van der Waals surface area (Å²) in [7, 11) is -2.43. The van der Waals surface area contributed by atoms with Crippen LogP contribution >= 0.6 is 29.4 Å². The number of carboxylic acid groups (broad SMARTS) is 2. The topological polar surface area (TPSA) is 267 Å². The van der Waals surface area contributed by atoms with Gasteiger partial charge in [-0.2, -0.15) is 0 Å². The number of carbonyl (C=O) groups excluding carboxylic acids is 4. The molecule has 73 heavy (non-hydrogen) atoms. The van der Waals surface area contributed by atoms with Crippen molar-refractivity contribution in [1.82, 2.24) is 10.6 Å². The Morgan fingerprint density at radius 3 is 1.55 bits per heavy atom. The van der Waals surface area contributed by atoms with E-state index in [4.69, 9.17) is 29.4 Å². The van der Waals surface area contributed by atoms with Gasteiger partial charge in [-0.3, -0.25) is 33.0 Å². The van der Waals surface area contributed by atoms with Crippen LogP contribution in [-0.4, -0.2) is 107 Å². The van der Waals surface area contributed by atoms with E-state index in [1.807, 2.05) is 0 Å². The summed E-state index contributed by atoms with van der Waals surface area (Å²) in [5, 5.41) is 22.9. The predicted octanol–water partition coefficient (Wildman–Crippen LogP) is 11.7. The zero-order chi connectivity index (χ0) is 54.1. The van der Waals surface area contributed by atoms with Crippen LogP contribution < -0.4 is 16.4 Å². The molecule has 0 radical (unpaired) electrons. The zero-order valence-electron chi connectivity index (χ0n) is 44.6. The summed E-state index contributed by atoms with van der Waals surface area (Å²) in [5.41, 5.74) is 5.49. The van der Waals surface area contributed by atoms with Gasteiger partial charge >= 0.3 is 31.7 Å². The van der Waals surface area contributed by atoms with Crippen LogP contribution in [0.5, 0.6) is 0 Å². The van der Waals surface area contributed by atoms with Crippen molar-refractivity contribution in [2.24, 2.45) is 5.73 Å². The number of aliphatic carboxylic acids is 2. The molecule has 0 aliphatic rings. The maximum atomic E-state index is 12.8. The van der Waals surface area contributed by atoms with Crippen LogP contribution in [0.15, 0.2) is 24.3 Å². The maximum absolute atomic E-state index is 12.8. The SMILES string of the molecule is CCCCCCCC/C=C\CCCCCCCC(=O)OC[C@@H](COP(=O)(O)OCCNC(=O)CCSSCC(NC(=O)C(N)CC(=O)O)C(=O)O)OC(=O)CCCCCCCC/C=C\CCCCCCCCC. The van der Waals surface area contributed by atoms with Crippen molar-refractivity contribution >= 4 is 65.1 Å². The molecule has 7 N–H and O–H groups in total.